The molecule has 0 aliphatic rings. The Morgan fingerprint density at radius 3 is 2.72 bits per heavy atom. The number of benzene rings is 1. The third-order valence-corrected chi connectivity index (χ3v) is 2.60. The summed E-state index contributed by atoms with van der Waals surface area (Å²) in [7, 11) is 3.27. The SMILES string of the molecule is CCCC(CNCc1ccccc1OC)=NOC. The van der Waals surface area contributed by atoms with E-state index in [9.17, 15) is 0 Å². The number of methoxy groups -OCH3 is 1. The standard InChI is InChI=1S/C14H22N2O2/c1-4-7-13(16-18-3)11-15-10-12-8-5-6-9-14(12)17-2/h5-6,8-9,15H,4,7,10-11H2,1-3H3. The molecule has 0 aliphatic carbocycles. The van der Waals surface area contributed by atoms with Gasteiger partial charge in [-0.3, -0.25) is 0 Å². The van der Waals surface area contributed by atoms with Crippen molar-refractivity contribution in [3.8, 4) is 5.75 Å². The Hall–Kier alpha value is -1.55. The van der Waals surface area contributed by atoms with Gasteiger partial charge in [-0.25, -0.2) is 0 Å². The van der Waals surface area contributed by atoms with Crippen LogP contribution < -0.4 is 10.1 Å². The molecule has 4 heteroatoms. The van der Waals surface area contributed by atoms with E-state index in [2.05, 4.69) is 23.5 Å². The van der Waals surface area contributed by atoms with Crippen LogP contribution in [0.5, 0.6) is 5.75 Å². The second kappa shape index (κ2) is 8.53. The van der Waals surface area contributed by atoms with Crippen molar-refractivity contribution in [2.75, 3.05) is 20.8 Å². The van der Waals surface area contributed by atoms with Gasteiger partial charge < -0.3 is 14.9 Å². The quantitative estimate of drug-likeness (QED) is 0.569. The van der Waals surface area contributed by atoms with E-state index in [1.807, 2.05) is 18.2 Å². The summed E-state index contributed by atoms with van der Waals surface area (Å²) in [5.41, 5.74) is 2.18. The molecule has 1 N–H and O–H groups in total. The fraction of sp³-hybridized carbons (Fsp3) is 0.500. The second-order valence-corrected chi connectivity index (χ2v) is 4.01. The molecule has 0 bridgehead atoms. The van der Waals surface area contributed by atoms with Gasteiger partial charge in [0.25, 0.3) is 0 Å². The van der Waals surface area contributed by atoms with Gasteiger partial charge in [0.05, 0.1) is 12.8 Å². The minimum atomic E-state index is 0.736. The number of hydrogen-bond donors (Lipinski definition) is 1. The van der Waals surface area contributed by atoms with Crippen LogP contribution in [0.3, 0.4) is 0 Å². The molecule has 0 radical (unpaired) electrons. The molecule has 0 saturated carbocycles. The molecule has 100 valence electrons. The van der Waals surface area contributed by atoms with Gasteiger partial charge in [0.1, 0.15) is 12.9 Å². The Morgan fingerprint density at radius 2 is 2.06 bits per heavy atom. The van der Waals surface area contributed by atoms with Crippen LogP contribution in [-0.2, 0) is 11.4 Å². The molecular weight excluding hydrogens is 228 g/mol. The molecule has 1 rings (SSSR count). The molecule has 0 spiro atoms. The van der Waals surface area contributed by atoms with Crippen LogP contribution in [0.25, 0.3) is 0 Å². The summed E-state index contributed by atoms with van der Waals surface area (Å²) in [6, 6.07) is 8.00. The lowest BCUT2D eigenvalue weighted by atomic mass is 10.2. The van der Waals surface area contributed by atoms with Gasteiger partial charge in [-0.15, -0.1) is 0 Å². The molecule has 0 atom stereocenters. The van der Waals surface area contributed by atoms with E-state index < -0.39 is 0 Å². The van der Waals surface area contributed by atoms with E-state index in [0.717, 1.165) is 43.0 Å². The molecule has 0 amide bonds. The van der Waals surface area contributed by atoms with Gasteiger partial charge in [-0.2, -0.15) is 0 Å². The molecule has 0 aliphatic heterocycles. The number of hydrogen-bond acceptors (Lipinski definition) is 4. The summed E-state index contributed by atoms with van der Waals surface area (Å²) in [4.78, 5) is 4.83. The Labute approximate surface area is 109 Å². The highest BCUT2D eigenvalue weighted by Crippen LogP contribution is 2.16. The largest absolute Gasteiger partial charge is 0.496 e. The molecule has 0 heterocycles. The fourth-order valence-electron chi connectivity index (χ4n) is 1.77. The number of ether oxygens (including phenoxy) is 1. The van der Waals surface area contributed by atoms with E-state index in [0.29, 0.717) is 0 Å². The van der Waals surface area contributed by atoms with E-state index in [1.165, 1.54) is 0 Å². The van der Waals surface area contributed by atoms with E-state index in [1.54, 1.807) is 14.2 Å². The van der Waals surface area contributed by atoms with Crippen LogP contribution in [0.2, 0.25) is 0 Å². The van der Waals surface area contributed by atoms with Crippen molar-refractivity contribution in [3.63, 3.8) is 0 Å². The first kappa shape index (κ1) is 14.5. The lowest BCUT2D eigenvalue weighted by Crippen LogP contribution is -2.23. The van der Waals surface area contributed by atoms with Crippen molar-refractivity contribution < 1.29 is 9.57 Å². The number of para-hydroxylation sites is 1. The van der Waals surface area contributed by atoms with Crippen molar-refractivity contribution >= 4 is 5.71 Å². The zero-order chi connectivity index (χ0) is 13.2. The number of rotatable bonds is 8. The lowest BCUT2D eigenvalue weighted by Gasteiger charge is -2.10. The molecule has 18 heavy (non-hydrogen) atoms. The first-order valence-electron chi connectivity index (χ1n) is 6.23. The van der Waals surface area contributed by atoms with Crippen molar-refractivity contribution in [1.29, 1.82) is 0 Å². The Morgan fingerprint density at radius 1 is 1.28 bits per heavy atom. The van der Waals surface area contributed by atoms with Crippen molar-refractivity contribution in [1.82, 2.24) is 5.32 Å². The van der Waals surface area contributed by atoms with Gasteiger partial charge in [-0.05, 0) is 12.5 Å². The smallest absolute Gasteiger partial charge is 0.123 e. The lowest BCUT2D eigenvalue weighted by molar-refractivity contribution is 0.211. The van der Waals surface area contributed by atoms with Crippen LogP contribution in [0.1, 0.15) is 25.3 Å². The molecule has 4 nitrogen and oxygen atoms in total. The maximum atomic E-state index is 5.30. The Kier molecular flexibility index (Phi) is 6.87. The average Bonchev–Trinajstić information content (AvgIpc) is 2.40. The first-order chi connectivity index (χ1) is 8.81. The zero-order valence-corrected chi connectivity index (χ0v) is 11.4. The maximum absolute atomic E-state index is 5.30. The zero-order valence-electron chi connectivity index (χ0n) is 11.4. The third kappa shape index (κ3) is 4.75. The van der Waals surface area contributed by atoms with Crippen molar-refractivity contribution in [2.24, 2.45) is 5.16 Å². The molecule has 0 aromatic heterocycles. The van der Waals surface area contributed by atoms with Crippen LogP contribution in [0.15, 0.2) is 29.4 Å². The molecule has 0 fully saturated rings. The predicted molar refractivity (Wildman–Crippen MR) is 74.1 cm³/mol. The van der Waals surface area contributed by atoms with Crippen molar-refractivity contribution in [3.05, 3.63) is 29.8 Å². The van der Waals surface area contributed by atoms with E-state index in [-0.39, 0.29) is 0 Å². The highest BCUT2D eigenvalue weighted by atomic mass is 16.6. The number of nitrogens with zero attached hydrogens (tertiary/aromatic N) is 1. The third-order valence-electron chi connectivity index (χ3n) is 2.60. The van der Waals surface area contributed by atoms with E-state index in [4.69, 9.17) is 9.57 Å². The highest BCUT2D eigenvalue weighted by Gasteiger charge is 2.03. The Balaban J connectivity index is 2.47. The highest BCUT2D eigenvalue weighted by molar-refractivity contribution is 5.85. The molecule has 1 aromatic carbocycles. The van der Waals surface area contributed by atoms with Crippen LogP contribution >= 0.6 is 0 Å². The topological polar surface area (TPSA) is 42.8 Å². The molecule has 1 aromatic rings. The minimum absolute atomic E-state index is 0.736. The van der Waals surface area contributed by atoms with Gasteiger partial charge >= 0.3 is 0 Å². The minimum Gasteiger partial charge on any atom is -0.496 e. The summed E-state index contributed by atoms with van der Waals surface area (Å²) in [6.45, 7) is 3.63. The number of oxime groups is 1. The Bertz CT molecular complexity index is 378. The van der Waals surface area contributed by atoms with E-state index >= 15 is 0 Å². The second-order valence-electron chi connectivity index (χ2n) is 4.01. The van der Waals surface area contributed by atoms with Gasteiger partial charge in [-0.1, -0.05) is 36.7 Å². The summed E-state index contributed by atoms with van der Waals surface area (Å²) in [5.74, 6) is 0.908. The van der Waals surface area contributed by atoms with Crippen LogP contribution in [0.4, 0.5) is 0 Å². The molecular formula is C14H22N2O2. The summed E-state index contributed by atoms with van der Waals surface area (Å²) < 4.78 is 5.30. The van der Waals surface area contributed by atoms with Crippen molar-refractivity contribution in [2.45, 2.75) is 26.3 Å². The van der Waals surface area contributed by atoms with Crippen LogP contribution in [-0.4, -0.2) is 26.5 Å². The molecule has 0 saturated heterocycles. The van der Waals surface area contributed by atoms with Crippen LogP contribution in [0, 0.1) is 0 Å². The normalized spacial score (nSPS) is 11.4. The monoisotopic (exact) mass is 250 g/mol. The maximum Gasteiger partial charge on any atom is 0.123 e. The summed E-state index contributed by atoms with van der Waals surface area (Å²) in [5, 5.41) is 7.37. The molecule has 0 unspecified atom stereocenters. The van der Waals surface area contributed by atoms with Gasteiger partial charge in [0.2, 0.25) is 0 Å². The predicted octanol–water partition coefficient (Wildman–Crippen LogP) is 2.59. The average molecular weight is 250 g/mol. The number of nitrogens with one attached hydrogen (secondary N) is 1. The van der Waals surface area contributed by atoms with Gasteiger partial charge in [0, 0.05) is 18.7 Å². The van der Waals surface area contributed by atoms with Gasteiger partial charge in [0.15, 0.2) is 0 Å². The summed E-state index contributed by atoms with van der Waals surface area (Å²) in [6.07, 6.45) is 2.02. The fourth-order valence-corrected chi connectivity index (χ4v) is 1.77. The summed E-state index contributed by atoms with van der Waals surface area (Å²) >= 11 is 0. The first-order valence-corrected chi connectivity index (χ1v) is 6.23.